The van der Waals surface area contributed by atoms with E-state index in [0.29, 0.717) is 11.5 Å². The van der Waals surface area contributed by atoms with Crippen molar-refractivity contribution in [2.75, 3.05) is 25.7 Å². The van der Waals surface area contributed by atoms with Gasteiger partial charge >= 0.3 is 5.97 Å². The largest absolute Gasteiger partial charge is 0.493 e. The molecule has 27 heavy (non-hydrogen) atoms. The molecule has 3 rings (SSSR count). The number of anilines is 1. The van der Waals surface area contributed by atoms with Gasteiger partial charge in [0.05, 0.1) is 31.2 Å². The molecule has 1 aliphatic rings. The highest BCUT2D eigenvalue weighted by Crippen LogP contribution is 2.36. The van der Waals surface area contributed by atoms with Crippen molar-refractivity contribution in [3.05, 3.63) is 35.9 Å². The third-order valence-corrected chi connectivity index (χ3v) is 5.29. The third-order valence-electron chi connectivity index (χ3n) is 3.82. The zero-order chi connectivity index (χ0) is 19.6. The molecule has 0 radical (unpaired) electrons. The Kier molecular flexibility index (Phi) is 5.00. The first-order valence-electron chi connectivity index (χ1n) is 7.73. The molecule has 0 amide bonds. The van der Waals surface area contributed by atoms with E-state index in [1.807, 2.05) is 0 Å². The van der Waals surface area contributed by atoms with E-state index in [4.69, 9.17) is 24.1 Å². The predicted molar refractivity (Wildman–Crippen MR) is 94.3 cm³/mol. The fourth-order valence-electron chi connectivity index (χ4n) is 2.62. The summed E-state index contributed by atoms with van der Waals surface area (Å²) >= 11 is 0. The Balaban J connectivity index is 2.02. The molecule has 0 aliphatic carbocycles. The molecule has 1 aliphatic heterocycles. The van der Waals surface area contributed by atoms with Gasteiger partial charge in [-0.25, -0.2) is 8.42 Å². The van der Waals surface area contributed by atoms with Crippen molar-refractivity contribution in [1.29, 1.82) is 0 Å². The molecule has 9 nitrogen and oxygen atoms in total. The van der Waals surface area contributed by atoms with E-state index in [2.05, 4.69) is 4.72 Å². The van der Waals surface area contributed by atoms with Crippen LogP contribution in [0.25, 0.3) is 0 Å². The molecule has 1 heterocycles. The lowest BCUT2D eigenvalue weighted by Crippen LogP contribution is -2.17. The van der Waals surface area contributed by atoms with Crippen LogP contribution in [0.1, 0.15) is 5.56 Å². The summed E-state index contributed by atoms with van der Waals surface area (Å²) in [7, 11) is -1.38. The second-order valence-corrected chi connectivity index (χ2v) is 7.21. The van der Waals surface area contributed by atoms with Crippen molar-refractivity contribution in [2.24, 2.45) is 0 Å². The average Bonchev–Trinajstić information content (AvgIpc) is 3.08. The second kappa shape index (κ2) is 7.23. The lowest BCUT2D eigenvalue weighted by molar-refractivity contribution is -0.136. The zero-order valence-corrected chi connectivity index (χ0v) is 15.3. The molecule has 0 spiro atoms. The van der Waals surface area contributed by atoms with Gasteiger partial charge in [0.2, 0.25) is 6.79 Å². The lowest BCUT2D eigenvalue weighted by Gasteiger charge is -2.15. The number of ether oxygens (including phenoxy) is 4. The first kappa shape index (κ1) is 18.6. The summed E-state index contributed by atoms with van der Waals surface area (Å²) in [4.78, 5) is 10.9. The summed E-state index contributed by atoms with van der Waals surface area (Å²) < 4.78 is 48.9. The molecular formula is C17H17NO8S. The second-order valence-electron chi connectivity index (χ2n) is 5.56. The topological polar surface area (TPSA) is 120 Å². The van der Waals surface area contributed by atoms with Crippen molar-refractivity contribution in [3.8, 4) is 23.0 Å². The number of fused-ring (bicyclic) bond motifs is 1. The Morgan fingerprint density at radius 2 is 1.78 bits per heavy atom. The Bertz CT molecular complexity index is 987. The molecule has 2 N–H and O–H groups in total. The number of nitrogens with one attached hydrogen (secondary N) is 1. The quantitative estimate of drug-likeness (QED) is 0.729. The SMILES string of the molecule is COc1cc(CC(=O)O)c(S(=O)(=O)Nc2ccc3c(c2)OCO3)cc1OC. The molecule has 2 aromatic carbocycles. The number of hydrogen-bond donors (Lipinski definition) is 2. The molecule has 0 fully saturated rings. The lowest BCUT2D eigenvalue weighted by atomic mass is 10.1. The fourth-order valence-corrected chi connectivity index (χ4v) is 3.91. The van der Waals surface area contributed by atoms with E-state index in [1.54, 1.807) is 6.07 Å². The molecule has 0 saturated heterocycles. The van der Waals surface area contributed by atoms with E-state index in [0.717, 1.165) is 0 Å². The van der Waals surface area contributed by atoms with Crippen molar-refractivity contribution in [3.63, 3.8) is 0 Å². The molecule has 0 unspecified atom stereocenters. The van der Waals surface area contributed by atoms with Crippen LogP contribution in [0.5, 0.6) is 23.0 Å². The first-order chi connectivity index (χ1) is 12.8. The van der Waals surface area contributed by atoms with Crippen LogP contribution in [0.2, 0.25) is 0 Å². The van der Waals surface area contributed by atoms with Crippen molar-refractivity contribution in [2.45, 2.75) is 11.3 Å². The number of benzene rings is 2. The summed E-state index contributed by atoms with van der Waals surface area (Å²) in [5, 5.41) is 9.12. The fraction of sp³-hybridized carbons (Fsp3) is 0.235. The highest BCUT2D eigenvalue weighted by atomic mass is 32.2. The monoisotopic (exact) mass is 395 g/mol. The van der Waals surface area contributed by atoms with Gasteiger partial charge in [-0.3, -0.25) is 9.52 Å². The van der Waals surface area contributed by atoms with Gasteiger partial charge in [-0.2, -0.15) is 0 Å². The molecular weight excluding hydrogens is 378 g/mol. The Morgan fingerprint density at radius 3 is 2.44 bits per heavy atom. The maximum absolute atomic E-state index is 12.9. The van der Waals surface area contributed by atoms with Crippen LogP contribution in [-0.2, 0) is 21.2 Å². The number of hydrogen-bond acceptors (Lipinski definition) is 7. The van der Waals surface area contributed by atoms with Gasteiger partial charge in [-0.05, 0) is 23.8 Å². The maximum Gasteiger partial charge on any atom is 0.307 e. The highest BCUT2D eigenvalue weighted by molar-refractivity contribution is 7.92. The first-order valence-corrected chi connectivity index (χ1v) is 9.21. The van der Waals surface area contributed by atoms with Gasteiger partial charge in [0, 0.05) is 12.1 Å². The number of carboxylic acids is 1. The molecule has 2 aromatic rings. The number of sulfonamides is 1. The average molecular weight is 395 g/mol. The Hall–Kier alpha value is -3.14. The van der Waals surface area contributed by atoms with Gasteiger partial charge in [0.15, 0.2) is 23.0 Å². The van der Waals surface area contributed by atoms with Gasteiger partial charge in [0.1, 0.15) is 0 Å². The zero-order valence-electron chi connectivity index (χ0n) is 14.5. The Morgan fingerprint density at radius 1 is 1.11 bits per heavy atom. The van der Waals surface area contributed by atoms with E-state index in [9.17, 15) is 13.2 Å². The van der Waals surface area contributed by atoms with E-state index >= 15 is 0 Å². The van der Waals surface area contributed by atoms with Crippen LogP contribution < -0.4 is 23.7 Å². The van der Waals surface area contributed by atoms with Gasteiger partial charge in [0.25, 0.3) is 10.0 Å². The summed E-state index contributed by atoms with van der Waals surface area (Å²) in [6.07, 6.45) is -0.502. The summed E-state index contributed by atoms with van der Waals surface area (Å²) in [5.74, 6) is 0.138. The maximum atomic E-state index is 12.9. The number of carboxylic acid groups (broad SMARTS) is 1. The number of methoxy groups -OCH3 is 2. The number of rotatable bonds is 7. The van der Waals surface area contributed by atoms with Crippen LogP contribution in [0.3, 0.4) is 0 Å². The smallest absolute Gasteiger partial charge is 0.307 e. The van der Waals surface area contributed by atoms with Gasteiger partial charge in [-0.1, -0.05) is 0 Å². The van der Waals surface area contributed by atoms with Crippen molar-refractivity contribution in [1.82, 2.24) is 0 Å². The minimum absolute atomic E-state index is 0.0595. The summed E-state index contributed by atoms with van der Waals surface area (Å²) in [5.41, 5.74) is 0.309. The van der Waals surface area contributed by atoms with Crippen LogP contribution in [0.4, 0.5) is 5.69 Å². The van der Waals surface area contributed by atoms with E-state index in [1.165, 1.54) is 38.5 Å². The van der Waals surface area contributed by atoms with Gasteiger partial charge in [-0.15, -0.1) is 0 Å². The summed E-state index contributed by atoms with van der Waals surface area (Å²) in [6, 6.07) is 7.14. The molecule has 0 atom stereocenters. The number of carbonyl (C=O) groups is 1. The molecule has 10 heteroatoms. The van der Waals surface area contributed by atoms with Gasteiger partial charge < -0.3 is 24.1 Å². The highest BCUT2D eigenvalue weighted by Gasteiger charge is 2.24. The third kappa shape index (κ3) is 3.85. The molecule has 0 bridgehead atoms. The van der Waals surface area contributed by atoms with Crippen molar-refractivity contribution >= 4 is 21.7 Å². The summed E-state index contributed by atoms with van der Waals surface area (Å²) in [6.45, 7) is 0.0595. The molecule has 0 saturated carbocycles. The minimum atomic E-state index is -4.11. The molecule has 0 aromatic heterocycles. The van der Waals surface area contributed by atoms with E-state index in [-0.39, 0.29) is 34.4 Å². The Labute approximate surface area is 155 Å². The number of aliphatic carboxylic acids is 1. The van der Waals surface area contributed by atoms with Crippen molar-refractivity contribution < 1.29 is 37.3 Å². The van der Waals surface area contributed by atoms with Crippen LogP contribution in [0.15, 0.2) is 35.2 Å². The standard InChI is InChI=1S/C17H17NO8S/c1-23-13-5-10(6-17(19)20)16(8-14(13)24-2)27(21,22)18-11-3-4-12-15(7-11)26-9-25-12/h3-5,7-8,18H,6,9H2,1-2H3,(H,19,20). The van der Waals surface area contributed by atoms with Crippen LogP contribution >= 0.6 is 0 Å². The minimum Gasteiger partial charge on any atom is -0.493 e. The van der Waals surface area contributed by atoms with Crippen LogP contribution in [0, 0.1) is 0 Å². The van der Waals surface area contributed by atoms with Crippen LogP contribution in [-0.4, -0.2) is 40.5 Å². The van der Waals surface area contributed by atoms with E-state index < -0.39 is 22.4 Å². The predicted octanol–water partition coefficient (Wildman–Crippen LogP) is 1.86. The normalized spacial score (nSPS) is 12.5. The molecule has 144 valence electrons.